The number of hydrogen-bond acceptors (Lipinski definition) is 7. The van der Waals surface area contributed by atoms with Gasteiger partial charge in [0.15, 0.2) is 0 Å². The van der Waals surface area contributed by atoms with Crippen molar-refractivity contribution in [1.82, 2.24) is 24.8 Å². The van der Waals surface area contributed by atoms with Gasteiger partial charge in [-0.05, 0) is 50.4 Å². The van der Waals surface area contributed by atoms with Crippen molar-refractivity contribution in [2.24, 2.45) is 4.99 Å². The average Bonchev–Trinajstić information content (AvgIpc) is 3.56. The van der Waals surface area contributed by atoms with E-state index in [0.29, 0.717) is 36.7 Å². The van der Waals surface area contributed by atoms with Crippen molar-refractivity contribution in [3.8, 4) is 11.3 Å². The molecule has 1 unspecified atom stereocenters. The van der Waals surface area contributed by atoms with E-state index in [2.05, 4.69) is 29.7 Å². The molecular formula is C26H30F4N8. The molecule has 0 amide bonds. The molecule has 202 valence electrons. The normalized spacial score (nSPS) is 19.1. The number of nitrogens with two attached hydrogens (primary N) is 1. The van der Waals surface area contributed by atoms with Crippen molar-refractivity contribution in [2.75, 3.05) is 37.3 Å². The van der Waals surface area contributed by atoms with Crippen LogP contribution in [0.15, 0.2) is 35.7 Å². The van der Waals surface area contributed by atoms with Crippen molar-refractivity contribution >= 4 is 17.9 Å². The predicted molar refractivity (Wildman–Crippen MR) is 138 cm³/mol. The van der Waals surface area contributed by atoms with Crippen LogP contribution in [-0.4, -0.2) is 58.5 Å². The third-order valence-corrected chi connectivity index (χ3v) is 7.27. The molecule has 0 saturated carbocycles. The molecule has 3 N–H and O–H groups in total. The minimum absolute atomic E-state index is 0.103. The molecule has 0 radical (unpaired) electrons. The summed E-state index contributed by atoms with van der Waals surface area (Å²) >= 11 is 0. The highest BCUT2D eigenvalue weighted by Gasteiger charge is 2.35. The molecule has 2 saturated heterocycles. The van der Waals surface area contributed by atoms with Crippen LogP contribution in [-0.2, 0) is 12.7 Å². The Labute approximate surface area is 218 Å². The lowest BCUT2D eigenvalue weighted by Gasteiger charge is -2.33. The first-order chi connectivity index (χ1) is 18.2. The summed E-state index contributed by atoms with van der Waals surface area (Å²) in [6, 6.07) is 3.33. The highest BCUT2D eigenvalue weighted by atomic mass is 19.4. The molecule has 4 heterocycles. The van der Waals surface area contributed by atoms with Gasteiger partial charge in [-0.3, -0.25) is 4.99 Å². The number of nitrogens with one attached hydrogen (secondary N) is 1. The van der Waals surface area contributed by atoms with Crippen molar-refractivity contribution < 1.29 is 17.6 Å². The second kappa shape index (κ2) is 10.7. The molecule has 1 atom stereocenters. The summed E-state index contributed by atoms with van der Waals surface area (Å²) < 4.78 is 56.1. The number of halogens is 4. The molecule has 2 fully saturated rings. The molecule has 8 nitrogen and oxygen atoms in total. The van der Waals surface area contributed by atoms with Gasteiger partial charge < -0.3 is 20.5 Å². The first-order valence-corrected chi connectivity index (χ1v) is 12.7. The van der Waals surface area contributed by atoms with Crippen molar-refractivity contribution in [3.05, 3.63) is 53.5 Å². The Balaban J connectivity index is 1.42. The van der Waals surface area contributed by atoms with Gasteiger partial charge in [0.1, 0.15) is 29.6 Å². The summed E-state index contributed by atoms with van der Waals surface area (Å²) in [7, 11) is 1.66. The summed E-state index contributed by atoms with van der Waals surface area (Å²) in [6.45, 7) is 3.02. The van der Waals surface area contributed by atoms with Gasteiger partial charge in [0, 0.05) is 56.6 Å². The summed E-state index contributed by atoms with van der Waals surface area (Å²) in [6.07, 6.45) is 3.78. The average molecular weight is 531 g/mol. The van der Waals surface area contributed by atoms with Crippen LogP contribution >= 0.6 is 0 Å². The van der Waals surface area contributed by atoms with Gasteiger partial charge in [-0.15, -0.1) is 0 Å². The van der Waals surface area contributed by atoms with E-state index in [1.54, 1.807) is 19.5 Å². The molecule has 0 spiro atoms. The maximum Gasteiger partial charge on any atom is 0.419 e. The maximum atomic E-state index is 13.9. The van der Waals surface area contributed by atoms with E-state index in [-0.39, 0.29) is 17.5 Å². The van der Waals surface area contributed by atoms with Crippen LogP contribution < -0.4 is 16.0 Å². The van der Waals surface area contributed by atoms with Crippen LogP contribution in [0.2, 0.25) is 0 Å². The Morgan fingerprint density at radius 1 is 1.18 bits per heavy atom. The number of rotatable bonds is 6. The van der Waals surface area contributed by atoms with E-state index in [9.17, 15) is 17.6 Å². The number of nitrogen functional groups attached to an aromatic ring is 1. The van der Waals surface area contributed by atoms with E-state index >= 15 is 0 Å². The van der Waals surface area contributed by atoms with Crippen molar-refractivity contribution in [3.63, 3.8) is 0 Å². The Hall–Kier alpha value is -3.54. The number of alkyl halides is 3. The second-order valence-electron chi connectivity index (χ2n) is 9.77. The van der Waals surface area contributed by atoms with E-state index in [1.165, 1.54) is 12.4 Å². The number of piperidine rings is 1. The van der Waals surface area contributed by atoms with Crippen LogP contribution in [0.1, 0.15) is 48.6 Å². The van der Waals surface area contributed by atoms with E-state index in [0.717, 1.165) is 56.0 Å². The Morgan fingerprint density at radius 3 is 2.66 bits per heavy atom. The molecule has 38 heavy (non-hydrogen) atoms. The monoisotopic (exact) mass is 530 g/mol. The first kappa shape index (κ1) is 26.1. The number of benzene rings is 1. The van der Waals surface area contributed by atoms with Gasteiger partial charge in [0.25, 0.3) is 0 Å². The molecule has 0 aliphatic carbocycles. The molecule has 2 aliphatic heterocycles. The Kier molecular flexibility index (Phi) is 7.33. The van der Waals surface area contributed by atoms with E-state index in [1.807, 2.05) is 0 Å². The largest absolute Gasteiger partial charge is 0.419 e. The van der Waals surface area contributed by atoms with E-state index < -0.39 is 17.6 Å². The fourth-order valence-electron chi connectivity index (χ4n) is 5.35. The molecule has 2 aromatic heterocycles. The summed E-state index contributed by atoms with van der Waals surface area (Å²) in [5.74, 6) is 0.743. The van der Waals surface area contributed by atoms with Gasteiger partial charge in [0.2, 0.25) is 0 Å². The summed E-state index contributed by atoms with van der Waals surface area (Å²) in [5, 5.41) is 3.48. The smallest absolute Gasteiger partial charge is 0.383 e. The van der Waals surface area contributed by atoms with Crippen LogP contribution in [0.3, 0.4) is 0 Å². The molecular weight excluding hydrogens is 500 g/mol. The fraction of sp³-hybridized carbons (Fsp3) is 0.462. The first-order valence-electron chi connectivity index (χ1n) is 12.7. The van der Waals surface area contributed by atoms with Crippen LogP contribution in [0.25, 0.3) is 11.3 Å². The SMILES string of the molecule is CN=Cc1c(N)ncnc1N1CCC(c2nc(-c3ccc(F)c(C(F)(F)F)c3)cn2CC2CCCN2)CC1. The standard InChI is InChI=1S/C26H30F4N8/c1-32-12-19-23(31)34-15-35-25(19)37-9-6-16(7-10-37)24-36-22(14-38(24)13-18-3-2-8-33-18)17-4-5-21(27)20(11-17)26(28,29)30/h4-5,11-12,14-16,18,33H,2-3,6-10,13H2,1H3,(H2,31,34,35). The fourth-order valence-corrected chi connectivity index (χ4v) is 5.35. The highest BCUT2D eigenvalue weighted by molar-refractivity contribution is 5.91. The molecule has 3 aromatic rings. The zero-order valence-electron chi connectivity index (χ0n) is 21.0. The topological polar surface area (TPSA) is 97.2 Å². The van der Waals surface area contributed by atoms with Gasteiger partial charge in [-0.25, -0.2) is 19.3 Å². The number of anilines is 2. The number of hydrogen-bond donors (Lipinski definition) is 2. The van der Waals surface area contributed by atoms with Crippen LogP contribution in [0.4, 0.5) is 29.2 Å². The van der Waals surface area contributed by atoms with Crippen LogP contribution in [0, 0.1) is 5.82 Å². The zero-order valence-corrected chi connectivity index (χ0v) is 21.0. The van der Waals surface area contributed by atoms with Crippen molar-refractivity contribution in [2.45, 2.75) is 50.4 Å². The zero-order chi connectivity index (χ0) is 26.9. The minimum Gasteiger partial charge on any atom is -0.383 e. The summed E-state index contributed by atoms with van der Waals surface area (Å²) in [4.78, 5) is 19.5. The number of aromatic nitrogens is 4. The number of nitrogens with zero attached hydrogens (tertiary/aromatic N) is 6. The predicted octanol–water partition coefficient (Wildman–Crippen LogP) is 4.26. The van der Waals surface area contributed by atoms with Gasteiger partial charge in [-0.2, -0.15) is 13.2 Å². The van der Waals surface area contributed by atoms with Crippen LogP contribution in [0.5, 0.6) is 0 Å². The van der Waals surface area contributed by atoms with Gasteiger partial charge in [-0.1, -0.05) is 0 Å². The molecule has 5 rings (SSSR count). The number of aliphatic imine (C=N–C) groups is 1. The highest BCUT2D eigenvalue weighted by Crippen LogP contribution is 2.36. The number of imidazole rings is 1. The third-order valence-electron chi connectivity index (χ3n) is 7.27. The van der Waals surface area contributed by atoms with E-state index in [4.69, 9.17) is 10.7 Å². The Morgan fingerprint density at radius 2 is 1.97 bits per heavy atom. The van der Waals surface area contributed by atoms with Gasteiger partial charge in [0.05, 0.1) is 16.8 Å². The third kappa shape index (κ3) is 5.35. The quantitative estimate of drug-likeness (QED) is 0.365. The lowest BCUT2D eigenvalue weighted by atomic mass is 9.95. The molecule has 12 heteroatoms. The molecule has 0 bridgehead atoms. The maximum absolute atomic E-state index is 13.9. The lowest BCUT2D eigenvalue weighted by molar-refractivity contribution is -0.139. The Bertz CT molecular complexity index is 1310. The summed E-state index contributed by atoms with van der Waals surface area (Å²) in [5.41, 5.74) is 6.11. The van der Waals surface area contributed by atoms with Crippen molar-refractivity contribution in [1.29, 1.82) is 0 Å². The minimum atomic E-state index is -4.78. The molecule has 1 aromatic carbocycles. The lowest BCUT2D eigenvalue weighted by Crippen LogP contribution is -2.35. The van der Waals surface area contributed by atoms with Gasteiger partial charge >= 0.3 is 6.18 Å². The second-order valence-corrected chi connectivity index (χ2v) is 9.77. The molecule has 2 aliphatic rings.